The monoisotopic (exact) mass is 464 g/mol. The van der Waals surface area contributed by atoms with Gasteiger partial charge in [0, 0.05) is 29.1 Å². The number of carbonyl (C=O) groups is 1. The number of nitrogens with one attached hydrogen (secondary N) is 1. The van der Waals surface area contributed by atoms with Crippen molar-refractivity contribution in [3.63, 3.8) is 0 Å². The Kier molecular flexibility index (Phi) is 8.42. The van der Waals surface area contributed by atoms with Crippen LogP contribution in [0.1, 0.15) is 26.2 Å². The van der Waals surface area contributed by atoms with Gasteiger partial charge in [0.1, 0.15) is 12.5 Å². The number of halogens is 1. The van der Waals surface area contributed by atoms with E-state index in [1.165, 1.54) is 0 Å². The Hall–Kier alpha value is -2.46. The second-order valence-electron chi connectivity index (χ2n) is 6.95. The van der Waals surface area contributed by atoms with Gasteiger partial charge in [-0.25, -0.2) is 4.21 Å². The fourth-order valence-electron chi connectivity index (χ4n) is 3.23. The molecule has 0 fully saturated rings. The first-order valence-electron chi connectivity index (χ1n) is 9.83. The molecular formula is C21H23ClN3O5S-. The van der Waals surface area contributed by atoms with Crippen LogP contribution in [0.5, 0.6) is 5.75 Å². The van der Waals surface area contributed by atoms with Crippen molar-refractivity contribution < 1.29 is 22.5 Å². The normalized spacial score (nSPS) is 13.1. The van der Waals surface area contributed by atoms with Crippen LogP contribution in [0, 0.1) is 5.92 Å². The van der Waals surface area contributed by atoms with Gasteiger partial charge in [-0.3, -0.25) is 13.7 Å². The van der Waals surface area contributed by atoms with E-state index < -0.39 is 11.4 Å². The minimum Gasteiger partial charge on any atom is -0.750 e. The Balaban J connectivity index is 1.58. The third-order valence-electron chi connectivity index (χ3n) is 4.92. The summed E-state index contributed by atoms with van der Waals surface area (Å²) in [5.74, 6) is 0.433. The number of anilines is 1. The molecule has 166 valence electrons. The van der Waals surface area contributed by atoms with Gasteiger partial charge in [0.25, 0.3) is 0 Å². The van der Waals surface area contributed by atoms with Gasteiger partial charge < -0.3 is 14.6 Å². The fraction of sp³-hybridized carbons (Fsp3) is 0.333. The molecule has 2 aromatic carbocycles. The molecule has 3 aromatic rings. The fourth-order valence-corrected chi connectivity index (χ4v) is 3.52. The van der Waals surface area contributed by atoms with Crippen LogP contribution in [-0.2, 0) is 26.9 Å². The minimum atomic E-state index is -2.57. The smallest absolute Gasteiger partial charge is 0.311 e. The van der Waals surface area contributed by atoms with E-state index in [1.807, 2.05) is 22.9 Å². The molecule has 8 nitrogen and oxygen atoms in total. The Bertz CT molecular complexity index is 1040. The Morgan fingerprint density at radius 3 is 2.77 bits per heavy atom. The van der Waals surface area contributed by atoms with Crippen LogP contribution in [0.3, 0.4) is 0 Å². The summed E-state index contributed by atoms with van der Waals surface area (Å²) >= 11 is 3.27. The first-order chi connectivity index (χ1) is 15.0. The predicted octanol–water partition coefficient (Wildman–Crippen LogP) is 4.28. The number of aromatic nitrogens is 2. The molecule has 0 aliphatic rings. The summed E-state index contributed by atoms with van der Waals surface area (Å²) in [7, 11) is 0. The molecule has 0 saturated heterocycles. The zero-order valence-electron chi connectivity index (χ0n) is 17.0. The summed E-state index contributed by atoms with van der Waals surface area (Å²) in [6.07, 6.45) is 3.59. The molecule has 1 heterocycles. The quantitative estimate of drug-likeness (QED) is 0.195. The summed E-state index contributed by atoms with van der Waals surface area (Å²) in [4.78, 5) is 12.2. The maximum atomic E-state index is 12.2. The first-order valence-corrected chi connectivity index (χ1v) is 11.2. The summed E-state index contributed by atoms with van der Waals surface area (Å²) in [6.45, 7) is 2.57. The van der Waals surface area contributed by atoms with Crippen LogP contribution < -0.4 is 10.1 Å². The van der Waals surface area contributed by atoms with Crippen molar-refractivity contribution in [3.8, 4) is 5.75 Å². The van der Waals surface area contributed by atoms with Crippen LogP contribution in [-0.4, -0.2) is 31.2 Å². The molecule has 0 aliphatic carbocycles. The highest BCUT2D eigenvalue weighted by atomic mass is 35.5. The largest absolute Gasteiger partial charge is 0.750 e. The molecule has 10 heteroatoms. The first kappa shape index (κ1) is 23.2. The number of fused-ring (bicyclic) bond motifs is 1. The molecule has 0 spiro atoms. The minimum absolute atomic E-state index is 0.159. The van der Waals surface area contributed by atoms with Gasteiger partial charge in [0.15, 0.2) is 0 Å². The van der Waals surface area contributed by atoms with E-state index >= 15 is 0 Å². The molecule has 3 rings (SSSR count). The van der Waals surface area contributed by atoms with Crippen LogP contribution in [0.15, 0.2) is 48.7 Å². The third kappa shape index (κ3) is 6.76. The second kappa shape index (κ2) is 11.2. The summed E-state index contributed by atoms with van der Waals surface area (Å²) in [5.41, 5.74) is 1.64. The highest BCUT2D eigenvalue weighted by Crippen LogP contribution is 2.25. The lowest BCUT2D eigenvalue weighted by molar-refractivity contribution is -0.134. The standard InChI is InChI=1S/C21H24ClN3O5S/c1-2-15(6-11-21(26)30-17-9-7-16(22)8-10-17)13-25-20-5-3-4-19(18(20)12-24-25)23-14-29-31(27)28/h3-5,7-10,12,15,23H,2,6,11,13-14H2,1H3,(H,27,28)/p-1. The number of carbonyl (C=O) groups excluding carboxylic acids is 1. The van der Waals surface area contributed by atoms with Crippen LogP contribution in [0.25, 0.3) is 10.9 Å². The van der Waals surface area contributed by atoms with Crippen LogP contribution >= 0.6 is 11.6 Å². The van der Waals surface area contributed by atoms with Gasteiger partial charge in [-0.2, -0.15) is 5.10 Å². The molecule has 0 saturated carbocycles. The average Bonchev–Trinajstić information content (AvgIpc) is 3.16. The van der Waals surface area contributed by atoms with E-state index in [0.717, 1.165) is 23.0 Å². The van der Waals surface area contributed by atoms with Crippen molar-refractivity contribution in [2.75, 3.05) is 12.0 Å². The number of rotatable bonds is 11. The molecule has 2 atom stereocenters. The number of hydrogen-bond acceptors (Lipinski definition) is 7. The Morgan fingerprint density at radius 2 is 2.06 bits per heavy atom. The van der Waals surface area contributed by atoms with E-state index in [-0.39, 0.29) is 18.6 Å². The summed E-state index contributed by atoms with van der Waals surface area (Å²) in [6, 6.07) is 12.3. The van der Waals surface area contributed by atoms with Gasteiger partial charge in [-0.05, 0) is 48.7 Å². The van der Waals surface area contributed by atoms with Gasteiger partial charge >= 0.3 is 5.97 Å². The number of benzene rings is 2. The van der Waals surface area contributed by atoms with E-state index in [1.54, 1.807) is 30.5 Å². The second-order valence-corrected chi connectivity index (χ2v) is 8.03. The topological polar surface area (TPSA) is 106 Å². The van der Waals surface area contributed by atoms with Gasteiger partial charge in [0.2, 0.25) is 0 Å². The molecular weight excluding hydrogens is 442 g/mol. The van der Waals surface area contributed by atoms with Crippen LogP contribution in [0.2, 0.25) is 5.02 Å². The highest BCUT2D eigenvalue weighted by Gasteiger charge is 2.15. The summed E-state index contributed by atoms with van der Waals surface area (Å²) in [5, 5.41) is 8.85. The van der Waals surface area contributed by atoms with Crippen molar-refractivity contribution in [3.05, 3.63) is 53.7 Å². The third-order valence-corrected chi connectivity index (χ3v) is 5.48. The number of nitrogens with zero attached hydrogens (tertiary/aromatic N) is 2. The van der Waals surface area contributed by atoms with Crippen molar-refractivity contribution in [1.29, 1.82) is 0 Å². The molecule has 2 unspecified atom stereocenters. The van der Waals surface area contributed by atoms with Gasteiger partial charge in [-0.15, -0.1) is 0 Å². The maximum absolute atomic E-state index is 12.2. The van der Waals surface area contributed by atoms with E-state index in [4.69, 9.17) is 16.3 Å². The zero-order chi connectivity index (χ0) is 22.2. The molecule has 31 heavy (non-hydrogen) atoms. The maximum Gasteiger partial charge on any atom is 0.311 e. The Morgan fingerprint density at radius 1 is 1.29 bits per heavy atom. The summed E-state index contributed by atoms with van der Waals surface area (Å²) < 4.78 is 32.8. The van der Waals surface area contributed by atoms with Gasteiger partial charge in [-0.1, -0.05) is 31.0 Å². The van der Waals surface area contributed by atoms with E-state index in [2.05, 4.69) is 21.5 Å². The highest BCUT2D eigenvalue weighted by molar-refractivity contribution is 7.74. The number of esters is 1. The van der Waals surface area contributed by atoms with E-state index in [9.17, 15) is 13.6 Å². The van der Waals surface area contributed by atoms with Crippen molar-refractivity contribution in [2.45, 2.75) is 32.7 Å². The number of hydrogen-bond donors (Lipinski definition) is 1. The predicted molar refractivity (Wildman–Crippen MR) is 118 cm³/mol. The lowest BCUT2D eigenvalue weighted by atomic mass is 10.0. The molecule has 0 aliphatic heterocycles. The number of ether oxygens (including phenoxy) is 1. The SMILES string of the molecule is CCC(CCC(=O)Oc1ccc(Cl)cc1)Cn1ncc2c(NCOS(=O)[O-])cccc21. The molecule has 0 radical (unpaired) electrons. The molecule has 1 N–H and O–H groups in total. The van der Waals surface area contributed by atoms with Crippen molar-refractivity contribution in [1.82, 2.24) is 9.78 Å². The molecule has 0 bridgehead atoms. The lowest BCUT2D eigenvalue weighted by Gasteiger charge is -2.15. The molecule has 0 amide bonds. The van der Waals surface area contributed by atoms with Crippen molar-refractivity contribution >= 4 is 45.5 Å². The lowest BCUT2D eigenvalue weighted by Crippen LogP contribution is -2.15. The zero-order valence-corrected chi connectivity index (χ0v) is 18.5. The average molecular weight is 465 g/mol. The van der Waals surface area contributed by atoms with Gasteiger partial charge in [0.05, 0.1) is 23.1 Å². The Labute approximate surface area is 188 Å². The van der Waals surface area contributed by atoms with Crippen LogP contribution in [0.4, 0.5) is 5.69 Å². The van der Waals surface area contributed by atoms with E-state index in [0.29, 0.717) is 30.2 Å². The molecule has 1 aromatic heterocycles. The van der Waals surface area contributed by atoms with Crippen molar-refractivity contribution in [2.24, 2.45) is 5.92 Å².